The third kappa shape index (κ3) is 3.31. The molecule has 0 amide bonds. The number of aromatic nitrogens is 2. The molecule has 3 nitrogen and oxygen atoms in total. The van der Waals surface area contributed by atoms with Gasteiger partial charge in [-0.05, 0) is 37.7 Å². The molecule has 1 aromatic heterocycles. The van der Waals surface area contributed by atoms with Crippen molar-refractivity contribution in [3.8, 4) is 0 Å². The predicted octanol–water partition coefficient (Wildman–Crippen LogP) is 3.67. The van der Waals surface area contributed by atoms with Gasteiger partial charge in [-0.3, -0.25) is 4.98 Å². The fourth-order valence-corrected chi connectivity index (χ4v) is 2.88. The molecule has 0 bridgehead atoms. The molecule has 0 saturated carbocycles. The molecule has 0 aliphatic rings. The molecule has 0 spiro atoms. The molecule has 0 saturated heterocycles. The Morgan fingerprint density at radius 1 is 1.33 bits per heavy atom. The molecule has 1 heterocycles. The Hall–Kier alpha value is -0.910. The Bertz CT molecular complexity index is 519. The maximum absolute atomic E-state index is 4.29. The first-order valence-electron chi connectivity index (χ1n) is 5.61. The number of nitrogens with zero attached hydrogens (tertiary/aromatic N) is 2. The van der Waals surface area contributed by atoms with Crippen molar-refractivity contribution >= 4 is 27.7 Å². The SMILES string of the molecule is CNC(C)c1cc(Br)ccc1Sc1cnccn1. The van der Waals surface area contributed by atoms with Gasteiger partial charge in [0.15, 0.2) is 0 Å². The molecule has 1 unspecified atom stereocenters. The average molecular weight is 324 g/mol. The van der Waals surface area contributed by atoms with Gasteiger partial charge in [0.1, 0.15) is 5.03 Å². The third-order valence-electron chi connectivity index (χ3n) is 2.63. The van der Waals surface area contributed by atoms with Gasteiger partial charge in [-0.2, -0.15) is 0 Å². The summed E-state index contributed by atoms with van der Waals surface area (Å²) in [7, 11) is 1.96. The second-order valence-electron chi connectivity index (χ2n) is 3.84. The Kier molecular flexibility index (Phi) is 4.74. The van der Waals surface area contributed by atoms with Crippen molar-refractivity contribution in [1.29, 1.82) is 0 Å². The summed E-state index contributed by atoms with van der Waals surface area (Å²) in [5.41, 5.74) is 1.25. The zero-order valence-electron chi connectivity index (χ0n) is 10.2. The van der Waals surface area contributed by atoms with E-state index in [2.05, 4.69) is 50.3 Å². The van der Waals surface area contributed by atoms with Crippen LogP contribution in [-0.2, 0) is 0 Å². The number of benzene rings is 1. The van der Waals surface area contributed by atoms with Gasteiger partial charge < -0.3 is 5.32 Å². The van der Waals surface area contributed by atoms with Crippen molar-refractivity contribution in [3.05, 3.63) is 46.8 Å². The highest BCUT2D eigenvalue weighted by Crippen LogP contribution is 2.33. The third-order valence-corrected chi connectivity index (χ3v) is 4.13. The lowest BCUT2D eigenvalue weighted by Gasteiger charge is -2.15. The molecule has 5 heteroatoms. The fourth-order valence-electron chi connectivity index (χ4n) is 1.56. The monoisotopic (exact) mass is 323 g/mol. The molecule has 0 radical (unpaired) electrons. The maximum atomic E-state index is 4.29. The van der Waals surface area contributed by atoms with Crippen LogP contribution in [0, 0.1) is 0 Å². The quantitative estimate of drug-likeness (QED) is 0.931. The van der Waals surface area contributed by atoms with Crippen LogP contribution < -0.4 is 5.32 Å². The summed E-state index contributed by atoms with van der Waals surface area (Å²) in [6.07, 6.45) is 5.17. The number of halogens is 1. The van der Waals surface area contributed by atoms with E-state index in [0.29, 0.717) is 6.04 Å². The van der Waals surface area contributed by atoms with Crippen LogP contribution in [0.15, 0.2) is 51.2 Å². The Morgan fingerprint density at radius 2 is 2.17 bits per heavy atom. The van der Waals surface area contributed by atoms with Gasteiger partial charge in [0.05, 0.1) is 6.20 Å². The van der Waals surface area contributed by atoms with Crippen molar-refractivity contribution in [2.24, 2.45) is 0 Å². The van der Waals surface area contributed by atoms with E-state index in [1.165, 1.54) is 10.5 Å². The number of rotatable bonds is 4. The van der Waals surface area contributed by atoms with Crippen LogP contribution in [0.1, 0.15) is 18.5 Å². The molecule has 2 aromatic rings. The van der Waals surface area contributed by atoms with Crippen molar-refractivity contribution in [3.63, 3.8) is 0 Å². The Morgan fingerprint density at radius 3 is 2.83 bits per heavy atom. The van der Waals surface area contributed by atoms with Crippen LogP contribution in [0.25, 0.3) is 0 Å². The normalized spacial score (nSPS) is 12.4. The lowest BCUT2D eigenvalue weighted by molar-refractivity contribution is 0.641. The minimum atomic E-state index is 0.293. The smallest absolute Gasteiger partial charge is 0.119 e. The summed E-state index contributed by atoms with van der Waals surface area (Å²) in [6.45, 7) is 2.14. The molecule has 1 atom stereocenters. The standard InChI is InChI=1S/C13H14BrN3S/c1-9(15-2)11-7-10(14)3-4-12(11)18-13-8-16-5-6-17-13/h3-9,15H,1-2H3. The molecule has 18 heavy (non-hydrogen) atoms. The van der Waals surface area contributed by atoms with Crippen LogP contribution in [0.4, 0.5) is 0 Å². The van der Waals surface area contributed by atoms with Gasteiger partial charge in [0, 0.05) is 27.8 Å². The van der Waals surface area contributed by atoms with Crippen LogP contribution in [0.2, 0.25) is 0 Å². The average Bonchev–Trinajstić information content (AvgIpc) is 2.41. The van der Waals surface area contributed by atoms with Crippen LogP contribution in [0.3, 0.4) is 0 Å². The van der Waals surface area contributed by atoms with E-state index in [4.69, 9.17) is 0 Å². The Labute approximate surface area is 120 Å². The van der Waals surface area contributed by atoms with E-state index < -0.39 is 0 Å². The van der Waals surface area contributed by atoms with E-state index in [9.17, 15) is 0 Å². The number of nitrogens with one attached hydrogen (secondary N) is 1. The summed E-state index contributed by atoms with van der Waals surface area (Å²) >= 11 is 5.15. The summed E-state index contributed by atoms with van der Waals surface area (Å²) in [5.74, 6) is 0. The van der Waals surface area contributed by atoms with Gasteiger partial charge >= 0.3 is 0 Å². The summed E-state index contributed by atoms with van der Waals surface area (Å²) in [5, 5.41) is 4.17. The predicted molar refractivity (Wildman–Crippen MR) is 77.8 cm³/mol. The van der Waals surface area contributed by atoms with E-state index in [-0.39, 0.29) is 0 Å². The Balaban J connectivity index is 2.32. The van der Waals surface area contributed by atoms with Gasteiger partial charge in [-0.15, -0.1) is 0 Å². The second kappa shape index (κ2) is 6.31. The molecule has 1 N–H and O–H groups in total. The van der Waals surface area contributed by atoms with E-state index in [0.717, 1.165) is 9.50 Å². The van der Waals surface area contributed by atoms with Gasteiger partial charge in [-0.1, -0.05) is 27.7 Å². The summed E-state index contributed by atoms with van der Waals surface area (Å²) in [6, 6.07) is 6.58. The molecule has 0 aliphatic heterocycles. The zero-order valence-corrected chi connectivity index (χ0v) is 12.6. The topological polar surface area (TPSA) is 37.8 Å². The van der Waals surface area contributed by atoms with E-state index >= 15 is 0 Å². The number of hydrogen-bond acceptors (Lipinski definition) is 4. The molecule has 1 aromatic carbocycles. The molecule has 2 rings (SSSR count). The highest BCUT2D eigenvalue weighted by atomic mass is 79.9. The highest BCUT2D eigenvalue weighted by molar-refractivity contribution is 9.10. The lowest BCUT2D eigenvalue weighted by atomic mass is 10.1. The molecule has 0 aliphatic carbocycles. The summed E-state index contributed by atoms with van der Waals surface area (Å²) in [4.78, 5) is 9.57. The molecular formula is C13H14BrN3S. The number of hydrogen-bond donors (Lipinski definition) is 1. The van der Waals surface area contributed by atoms with Gasteiger partial charge in [-0.25, -0.2) is 4.98 Å². The van der Waals surface area contributed by atoms with Crippen LogP contribution >= 0.6 is 27.7 Å². The fraction of sp³-hybridized carbons (Fsp3) is 0.231. The van der Waals surface area contributed by atoms with Gasteiger partial charge in [0.25, 0.3) is 0 Å². The van der Waals surface area contributed by atoms with Crippen molar-refractivity contribution in [2.45, 2.75) is 22.9 Å². The first-order valence-corrected chi connectivity index (χ1v) is 7.22. The first kappa shape index (κ1) is 13.5. The van der Waals surface area contributed by atoms with E-state index in [1.54, 1.807) is 30.4 Å². The molecule has 94 valence electrons. The highest BCUT2D eigenvalue weighted by Gasteiger charge is 2.11. The van der Waals surface area contributed by atoms with Crippen molar-refractivity contribution in [1.82, 2.24) is 15.3 Å². The maximum Gasteiger partial charge on any atom is 0.119 e. The largest absolute Gasteiger partial charge is 0.313 e. The van der Waals surface area contributed by atoms with Crippen molar-refractivity contribution < 1.29 is 0 Å². The first-order chi connectivity index (χ1) is 8.70. The minimum absolute atomic E-state index is 0.293. The van der Waals surface area contributed by atoms with E-state index in [1.807, 2.05) is 13.1 Å². The second-order valence-corrected chi connectivity index (χ2v) is 5.82. The van der Waals surface area contributed by atoms with Crippen molar-refractivity contribution in [2.75, 3.05) is 7.05 Å². The lowest BCUT2D eigenvalue weighted by Crippen LogP contribution is -2.13. The minimum Gasteiger partial charge on any atom is -0.313 e. The summed E-state index contributed by atoms with van der Waals surface area (Å²) < 4.78 is 1.09. The van der Waals surface area contributed by atoms with Crippen LogP contribution in [-0.4, -0.2) is 17.0 Å². The van der Waals surface area contributed by atoms with Crippen LogP contribution in [0.5, 0.6) is 0 Å². The van der Waals surface area contributed by atoms with Gasteiger partial charge in [0.2, 0.25) is 0 Å². The molecule has 0 fully saturated rings. The zero-order chi connectivity index (χ0) is 13.0. The molecular weight excluding hydrogens is 310 g/mol.